The van der Waals surface area contributed by atoms with E-state index in [9.17, 15) is 4.79 Å². The molecule has 5 heterocycles. The van der Waals surface area contributed by atoms with Crippen molar-refractivity contribution < 1.29 is 4.79 Å². The van der Waals surface area contributed by atoms with Gasteiger partial charge in [0.15, 0.2) is 0 Å². The van der Waals surface area contributed by atoms with Crippen molar-refractivity contribution in [1.82, 2.24) is 30.5 Å². The molecule has 0 aliphatic carbocycles. The molecule has 3 N–H and O–H groups in total. The van der Waals surface area contributed by atoms with Crippen LogP contribution in [0.4, 0.5) is 0 Å². The van der Waals surface area contributed by atoms with Gasteiger partial charge in [0.05, 0.1) is 22.6 Å². The third-order valence-corrected chi connectivity index (χ3v) is 6.43. The molecule has 0 fully saturated rings. The van der Waals surface area contributed by atoms with Crippen molar-refractivity contribution in [3.63, 3.8) is 0 Å². The summed E-state index contributed by atoms with van der Waals surface area (Å²) < 4.78 is 0. The molecule has 0 saturated heterocycles. The zero-order valence-corrected chi connectivity index (χ0v) is 21.0. The van der Waals surface area contributed by atoms with Crippen LogP contribution in [-0.2, 0) is 4.79 Å². The number of H-pyrrole nitrogens is 2. The zero-order chi connectivity index (χ0) is 25.2. The number of nitrogens with zero attached hydrogens (tertiary/aromatic N) is 4. The summed E-state index contributed by atoms with van der Waals surface area (Å²) >= 11 is 1.64. The van der Waals surface area contributed by atoms with Crippen molar-refractivity contribution in [2.45, 2.75) is 20.8 Å². The second-order valence-electron chi connectivity index (χ2n) is 8.72. The van der Waals surface area contributed by atoms with Gasteiger partial charge in [0.1, 0.15) is 11.2 Å². The topological polar surface area (TPSA) is 112 Å². The summed E-state index contributed by atoms with van der Waals surface area (Å²) in [6.45, 7) is 9.13. The van der Waals surface area contributed by atoms with Crippen molar-refractivity contribution in [2.24, 2.45) is 10.9 Å². The summed E-state index contributed by atoms with van der Waals surface area (Å²) in [5.41, 5.74) is 8.17. The third kappa shape index (κ3) is 4.48. The molecular formula is C27H25N7OS. The second-order valence-corrected chi connectivity index (χ2v) is 9.50. The van der Waals surface area contributed by atoms with Gasteiger partial charge in [-0.3, -0.25) is 19.9 Å². The fourth-order valence-electron chi connectivity index (χ4n) is 3.94. The lowest BCUT2D eigenvalue weighted by molar-refractivity contribution is -0.123. The van der Waals surface area contributed by atoms with Gasteiger partial charge in [-0.05, 0) is 55.4 Å². The molecule has 0 aliphatic rings. The number of carbonyl (C=O) groups excluding carboxylic acids is 1. The monoisotopic (exact) mass is 495 g/mol. The number of nitrogens with one attached hydrogen (secondary N) is 3. The Bertz CT molecular complexity index is 1640. The van der Waals surface area contributed by atoms with E-state index in [0.29, 0.717) is 17.1 Å². The first-order valence-electron chi connectivity index (χ1n) is 11.5. The molecule has 1 amide bonds. The average molecular weight is 496 g/mol. The maximum atomic E-state index is 12.1. The van der Waals surface area contributed by atoms with Crippen molar-refractivity contribution in [3.8, 4) is 22.6 Å². The molecule has 0 radical (unpaired) electrons. The van der Waals surface area contributed by atoms with Crippen molar-refractivity contribution in [1.29, 1.82) is 0 Å². The van der Waals surface area contributed by atoms with Crippen LogP contribution >= 0.6 is 11.3 Å². The number of thiophene rings is 1. The number of fused-ring (bicyclic) bond motifs is 2. The highest BCUT2D eigenvalue weighted by molar-refractivity contribution is 7.08. The Morgan fingerprint density at radius 3 is 2.81 bits per heavy atom. The van der Waals surface area contributed by atoms with E-state index in [2.05, 4.69) is 54.7 Å². The Morgan fingerprint density at radius 2 is 2.06 bits per heavy atom. The maximum absolute atomic E-state index is 12.1. The Balaban J connectivity index is 1.56. The standard InChI is InChI=1S/C27H25N7OS/c1-15(2)27(35)30-16(3)11-18(13-28-4)20-5-6-22-25(32-20)26(34-33-22)23-12-19-21(31-23)7-9-29-24(19)17-8-10-36-14-17/h5-15,31H,4H2,1-3H3,(H,30,35)(H,33,34)/b16-11+,18-13+. The Kier molecular flexibility index (Phi) is 6.30. The molecule has 8 nitrogen and oxygen atoms in total. The SMILES string of the molecule is C=N/C=C(\C=C(/C)NC(=O)C(C)C)c1ccc2[nH]nc(-c3cc4c(-c5ccsc5)nccc4[nH]3)c2n1. The number of pyridine rings is 2. The zero-order valence-electron chi connectivity index (χ0n) is 20.2. The molecule has 0 atom stereocenters. The van der Waals surface area contributed by atoms with Gasteiger partial charge < -0.3 is 10.3 Å². The van der Waals surface area contributed by atoms with Crippen LogP contribution in [0.25, 0.3) is 50.2 Å². The van der Waals surface area contributed by atoms with Gasteiger partial charge in [0.25, 0.3) is 0 Å². The molecule has 0 aliphatic heterocycles. The first-order valence-corrected chi connectivity index (χ1v) is 12.4. The molecule has 36 heavy (non-hydrogen) atoms. The van der Waals surface area contributed by atoms with E-state index in [-0.39, 0.29) is 11.8 Å². The minimum atomic E-state index is -0.118. The minimum absolute atomic E-state index is 0.0506. The molecule has 5 aromatic rings. The first-order chi connectivity index (χ1) is 17.4. The summed E-state index contributed by atoms with van der Waals surface area (Å²) in [6.07, 6.45) is 5.27. The van der Waals surface area contributed by atoms with Crippen LogP contribution in [0, 0.1) is 5.92 Å². The van der Waals surface area contributed by atoms with Gasteiger partial charge in [-0.1, -0.05) is 13.8 Å². The number of aliphatic imine (C=N–C) groups is 1. The van der Waals surface area contributed by atoms with Crippen LogP contribution in [0.15, 0.2) is 70.3 Å². The molecular weight excluding hydrogens is 470 g/mol. The van der Waals surface area contributed by atoms with E-state index in [0.717, 1.165) is 44.5 Å². The fourth-order valence-corrected chi connectivity index (χ4v) is 4.58. The van der Waals surface area contributed by atoms with Gasteiger partial charge in [0.2, 0.25) is 5.91 Å². The van der Waals surface area contributed by atoms with E-state index in [1.165, 1.54) is 0 Å². The normalized spacial score (nSPS) is 12.6. The molecule has 0 aromatic carbocycles. The van der Waals surface area contributed by atoms with Crippen molar-refractivity contribution >= 4 is 51.5 Å². The van der Waals surface area contributed by atoms with E-state index in [1.807, 2.05) is 50.4 Å². The van der Waals surface area contributed by atoms with E-state index >= 15 is 0 Å². The predicted molar refractivity (Wildman–Crippen MR) is 147 cm³/mol. The van der Waals surface area contributed by atoms with Gasteiger partial charge >= 0.3 is 0 Å². The van der Waals surface area contributed by atoms with Gasteiger partial charge in [0, 0.05) is 51.4 Å². The number of aromatic amines is 2. The highest BCUT2D eigenvalue weighted by atomic mass is 32.1. The van der Waals surface area contributed by atoms with Crippen LogP contribution in [0.3, 0.4) is 0 Å². The number of hydrogen-bond acceptors (Lipinski definition) is 6. The average Bonchev–Trinajstić information content (AvgIpc) is 3.62. The predicted octanol–water partition coefficient (Wildman–Crippen LogP) is 5.95. The maximum Gasteiger partial charge on any atom is 0.226 e. The molecule has 0 spiro atoms. The van der Waals surface area contributed by atoms with Crippen LogP contribution in [0.5, 0.6) is 0 Å². The highest BCUT2D eigenvalue weighted by Crippen LogP contribution is 2.33. The smallest absolute Gasteiger partial charge is 0.226 e. The lowest BCUT2D eigenvalue weighted by Gasteiger charge is -2.09. The number of carbonyl (C=O) groups is 1. The molecule has 9 heteroatoms. The van der Waals surface area contributed by atoms with Gasteiger partial charge in [-0.2, -0.15) is 16.4 Å². The summed E-state index contributed by atoms with van der Waals surface area (Å²) in [7, 11) is 0. The Labute approximate surface area is 211 Å². The summed E-state index contributed by atoms with van der Waals surface area (Å²) in [6, 6.07) is 9.91. The lowest BCUT2D eigenvalue weighted by Crippen LogP contribution is -2.25. The summed E-state index contributed by atoms with van der Waals surface area (Å²) in [5, 5.41) is 15.7. The summed E-state index contributed by atoms with van der Waals surface area (Å²) in [5.74, 6) is -0.168. The molecule has 5 aromatic heterocycles. The van der Waals surface area contributed by atoms with Gasteiger partial charge in [-0.15, -0.1) is 0 Å². The molecule has 5 rings (SSSR count). The van der Waals surface area contributed by atoms with Crippen LogP contribution < -0.4 is 5.32 Å². The molecule has 180 valence electrons. The van der Waals surface area contributed by atoms with E-state index in [1.54, 1.807) is 23.7 Å². The number of amides is 1. The third-order valence-electron chi connectivity index (χ3n) is 5.75. The number of rotatable bonds is 7. The van der Waals surface area contributed by atoms with Crippen LogP contribution in [0.1, 0.15) is 26.5 Å². The Morgan fingerprint density at radius 1 is 1.19 bits per heavy atom. The lowest BCUT2D eigenvalue weighted by atomic mass is 10.1. The van der Waals surface area contributed by atoms with E-state index < -0.39 is 0 Å². The quantitative estimate of drug-likeness (QED) is 0.191. The highest BCUT2D eigenvalue weighted by Gasteiger charge is 2.16. The first kappa shape index (κ1) is 23.4. The fraction of sp³-hybridized carbons (Fsp3) is 0.148. The molecule has 0 unspecified atom stereocenters. The molecule has 0 saturated carbocycles. The largest absolute Gasteiger partial charge is 0.353 e. The number of aromatic nitrogens is 5. The number of allylic oxidation sites excluding steroid dienone is 3. The van der Waals surface area contributed by atoms with Gasteiger partial charge in [-0.25, -0.2) is 4.98 Å². The van der Waals surface area contributed by atoms with Crippen molar-refractivity contribution in [2.75, 3.05) is 0 Å². The number of hydrogen-bond donors (Lipinski definition) is 3. The summed E-state index contributed by atoms with van der Waals surface area (Å²) in [4.78, 5) is 29.0. The Hall–Kier alpha value is -4.37. The van der Waals surface area contributed by atoms with E-state index in [4.69, 9.17) is 4.98 Å². The minimum Gasteiger partial charge on any atom is -0.353 e. The molecule has 0 bridgehead atoms. The van der Waals surface area contributed by atoms with Crippen molar-refractivity contribution in [3.05, 3.63) is 71.0 Å². The van der Waals surface area contributed by atoms with Crippen LogP contribution in [0.2, 0.25) is 0 Å². The second kappa shape index (κ2) is 9.71. The van der Waals surface area contributed by atoms with Crippen LogP contribution in [-0.4, -0.2) is 37.8 Å².